The molecule has 134 valence electrons. The molecule has 0 N–H and O–H groups in total. The number of fused-ring (bicyclic) bond motifs is 1. The van der Waals surface area contributed by atoms with E-state index in [0.29, 0.717) is 47.3 Å². The molecule has 7 nitrogen and oxygen atoms in total. The van der Waals surface area contributed by atoms with E-state index in [0.717, 1.165) is 12.8 Å². The number of rotatable bonds is 3. The SMILES string of the molecule is [O-][S+]1CCN(c2nc(Cl)nc3c(OC4CCCCC4)ncnc23)CC1. The molecule has 2 aromatic rings. The Morgan fingerprint density at radius 3 is 2.60 bits per heavy atom. The van der Waals surface area contributed by atoms with E-state index in [4.69, 9.17) is 16.3 Å². The molecule has 9 heteroatoms. The van der Waals surface area contributed by atoms with Crippen molar-refractivity contribution in [2.45, 2.75) is 38.2 Å². The van der Waals surface area contributed by atoms with E-state index in [2.05, 4.69) is 24.8 Å². The lowest BCUT2D eigenvalue weighted by molar-refractivity contribution is 0.150. The van der Waals surface area contributed by atoms with Crippen molar-refractivity contribution in [3.8, 4) is 5.88 Å². The number of ether oxygens (including phenoxy) is 1. The summed E-state index contributed by atoms with van der Waals surface area (Å²) in [5.41, 5.74) is 1.19. The highest BCUT2D eigenvalue weighted by Crippen LogP contribution is 2.31. The fraction of sp³-hybridized carbons (Fsp3) is 0.625. The molecule has 2 aromatic heterocycles. The Hall–Kier alpha value is -1.38. The van der Waals surface area contributed by atoms with Gasteiger partial charge in [0.05, 0.1) is 13.1 Å². The average molecular weight is 382 g/mol. The van der Waals surface area contributed by atoms with Crippen LogP contribution in [-0.2, 0) is 11.2 Å². The molecule has 0 spiro atoms. The first-order valence-corrected chi connectivity index (χ1v) is 10.5. The van der Waals surface area contributed by atoms with Gasteiger partial charge in [0.2, 0.25) is 11.2 Å². The van der Waals surface area contributed by atoms with Crippen molar-refractivity contribution in [1.82, 2.24) is 19.9 Å². The molecule has 2 aliphatic rings. The van der Waals surface area contributed by atoms with Crippen molar-refractivity contribution < 1.29 is 9.29 Å². The number of halogens is 1. The Morgan fingerprint density at radius 1 is 1.08 bits per heavy atom. The lowest BCUT2D eigenvalue weighted by Crippen LogP contribution is -2.41. The standard InChI is InChI=1S/C16H20ClN5O2S/c17-16-20-13-12(14(21-16)22-6-8-25(23)9-7-22)18-10-19-15(13)24-11-4-2-1-3-5-11/h10-11H,1-9H2. The summed E-state index contributed by atoms with van der Waals surface area (Å²) in [4.78, 5) is 19.4. The molecule has 1 aliphatic carbocycles. The van der Waals surface area contributed by atoms with Crippen LogP contribution in [0.5, 0.6) is 5.88 Å². The maximum absolute atomic E-state index is 11.6. The summed E-state index contributed by atoms with van der Waals surface area (Å²) in [5.74, 6) is 2.39. The zero-order valence-electron chi connectivity index (χ0n) is 13.9. The van der Waals surface area contributed by atoms with Gasteiger partial charge < -0.3 is 14.2 Å². The number of hydrogen-bond donors (Lipinski definition) is 0. The van der Waals surface area contributed by atoms with Gasteiger partial charge in [-0.3, -0.25) is 0 Å². The van der Waals surface area contributed by atoms with Gasteiger partial charge in [0.1, 0.15) is 29.5 Å². The van der Waals surface area contributed by atoms with Gasteiger partial charge >= 0.3 is 0 Å². The highest BCUT2D eigenvalue weighted by atomic mass is 35.5. The molecule has 0 atom stereocenters. The lowest BCUT2D eigenvalue weighted by atomic mass is 9.98. The van der Waals surface area contributed by atoms with Crippen molar-refractivity contribution in [3.63, 3.8) is 0 Å². The van der Waals surface area contributed by atoms with Crippen LogP contribution in [0.1, 0.15) is 32.1 Å². The third kappa shape index (κ3) is 3.75. The molecule has 3 heterocycles. The molecule has 1 aliphatic heterocycles. The van der Waals surface area contributed by atoms with Crippen LogP contribution in [0.25, 0.3) is 11.0 Å². The van der Waals surface area contributed by atoms with Crippen LogP contribution in [-0.4, -0.2) is 55.2 Å². The lowest BCUT2D eigenvalue weighted by Gasteiger charge is -2.29. The third-order valence-corrected chi connectivity index (χ3v) is 6.16. The topological polar surface area (TPSA) is 87.1 Å². The summed E-state index contributed by atoms with van der Waals surface area (Å²) in [5, 5.41) is 0.150. The van der Waals surface area contributed by atoms with E-state index >= 15 is 0 Å². The molecular weight excluding hydrogens is 362 g/mol. The average Bonchev–Trinajstić information content (AvgIpc) is 2.63. The normalized spacial score (nSPS) is 20.2. The monoisotopic (exact) mass is 381 g/mol. The molecule has 0 aromatic carbocycles. The van der Waals surface area contributed by atoms with Crippen LogP contribution in [0.15, 0.2) is 6.33 Å². The summed E-state index contributed by atoms with van der Waals surface area (Å²) in [6.07, 6.45) is 7.35. The minimum absolute atomic E-state index is 0.150. The minimum Gasteiger partial charge on any atom is -0.616 e. The van der Waals surface area contributed by atoms with E-state index in [1.54, 1.807) is 0 Å². The first-order valence-electron chi connectivity index (χ1n) is 8.65. The molecule has 0 bridgehead atoms. The predicted octanol–water partition coefficient (Wildman–Crippen LogP) is 2.35. The number of aromatic nitrogens is 4. The van der Waals surface area contributed by atoms with Gasteiger partial charge in [0.25, 0.3) is 0 Å². The van der Waals surface area contributed by atoms with Gasteiger partial charge in [0.15, 0.2) is 11.3 Å². The van der Waals surface area contributed by atoms with Gasteiger partial charge in [0, 0.05) is 0 Å². The van der Waals surface area contributed by atoms with E-state index in [1.165, 1.54) is 25.6 Å². The second kappa shape index (κ2) is 7.47. The summed E-state index contributed by atoms with van der Waals surface area (Å²) in [7, 11) is 0. The van der Waals surface area contributed by atoms with E-state index in [9.17, 15) is 4.55 Å². The van der Waals surface area contributed by atoms with Crippen molar-refractivity contribution in [2.75, 3.05) is 29.5 Å². The smallest absolute Gasteiger partial charge is 0.244 e. The Balaban J connectivity index is 1.69. The van der Waals surface area contributed by atoms with Gasteiger partial charge in [-0.1, -0.05) is 17.6 Å². The second-order valence-corrected chi connectivity index (χ2v) is 8.44. The van der Waals surface area contributed by atoms with Gasteiger partial charge in [-0.15, -0.1) is 0 Å². The van der Waals surface area contributed by atoms with Crippen LogP contribution >= 0.6 is 11.6 Å². The van der Waals surface area contributed by atoms with Crippen LogP contribution < -0.4 is 9.64 Å². The number of nitrogens with zero attached hydrogens (tertiary/aromatic N) is 5. The quantitative estimate of drug-likeness (QED) is 0.595. The molecule has 1 saturated heterocycles. The minimum atomic E-state index is -0.759. The molecule has 0 unspecified atom stereocenters. The summed E-state index contributed by atoms with van der Waals surface area (Å²) < 4.78 is 17.7. The molecule has 25 heavy (non-hydrogen) atoms. The van der Waals surface area contributed by atoms with Crippen molar-refractivity contribution in [1.29, 1.82) is 0 Å². The van der Waals surface area contributed by atoms with Crippen LogP contribution in [0.2, 0.25) is 5.28 Å². The van der Waals surface area contributed by atoms with Crippen molar-refractivity contribution in [3.05, 3.63) is 11.6 Å². The van der Waals surface area contributed by atoms with Gasteiger partial charge in [-0.2, -0.15) is 9.97 Å². The molecular formula is C16H20ClN5O2S. The van der Waals surface area contributed by atoms with E-state index < -0.39 is 11.2 Å². The Morgan fingerprint density at radius 2 is 1.84 bits per heavy atom. The van der Waals surface area contributed by atoms with Crippen LogP contribution in [0.3, 0.4) is 0 Å². The first kappa shape index (κ1) is 17.1. The highest BCUT2D eigenvalue weighted by molar-refractivity contribution is 7.91. The molecule has 2 fully saturated rings. The van der Waals surface area contributed by atoms with Gasteiger partial charge in [-0.25, -0.2) is 9.97 Å². The maximum Gasteiger partial charge on any atom is 0.244 e. The molecule has 4 rings (SSSR count). The van der Waals surface area contributed by atoms with E-state index in [1.807, 2.05) is 0 Å². The predicted molar refractivity (Wildman–Crippen MR) is 97.7 cm³/mol. The van der Waals surface area contributed by atoms with Crippen molar-refractivity contribution >= 4 is 39.6 Å². The largest absolute Gasteiger partial charge is 0.616 e. The molecule has 1 saturated carbocycles. The zero-order chi connectivity index (χ0) is 17.2. The van der Waals surface area contributed by atoms with Crippen molar-refractivity contribution in [2.24, 2.45) is 0 Å². The summed E-state index contributed by atoms with van der Waals surface area (Å²) >= 11 is 5.41. The highest BCUT2D eigenvalue weighted by Gasteiger charge is 2.25. The first-order chi connectivity index (χ1) is 12.2. The fourth-order valence-electron chi connectivity index (χ4n) is 3.38. The Bertz CT molecular complexity index is 751. The number of hydrogen-bond acceptors (Lipinski definition) is 7. The number of anilines is 1. The van der Waals surface area contributed by atoms with Crippen LogP contribution in [0, 0.1) is 0 Å². The zero-order valence-corrected chi connectivity index (χ0v) is 15.4. The fourth-order valence-corrected chi connectivity index (χ4v) is 4.60. The van der Waals surface area contributed by atoms with Gasteiger partial charge in [-0.05, 0) is 37.3 Å². The Labute approximate surface area is 154 Å². The second-order valence-electron chi connectivity index (χ2n) is 6.41. The third-order valence-electron chi connectivity index (χ3n) is 4.71. The molecule has 0 radical (unpaired) electrons. The van der Waals surface area contributed by atoms with Crippen LogP contribution in [0.4, 0.5) is 5.82 Å². The Kier molecular flexibility index (Phi) is 5.10. The maximum atomic E-state index is 11.6. The summed E-state index contributed by atoms with van der Waals surface area (Å²) in [6.45, 7) is 1.33. The van der Waals surface area contributed by atoms with E-state index in [-0.39, 0.29) is 11.4 Å². The molecule has 0 amide bonds. The summed E-state index contributed by atoms with van der Waals surface area (Å²) in [6, 6.07) is 0.